The van der Waals surface area contributed by atoms with E-state index >= 15 is 0 Å². The molecule has 9 heteroatoms. The second kappa shape index (κ2) is 12.4. The summed E-state index contributed by atoms with van der Waals surface area (Å²) >= 11 is 3.44. The highest BCUT2D eigenvalue weighted by atomic mass is 79.9. The third-order valence-electron chi connectivity index (χ3n) is 5.47. The molecule has 2 aromatic carbocycles. The molecule has 0 heterocycles. The number of carbonyl (C=O) groups excluding carboxylic acids is 2. The Hall–Kier alpha value is -2.39. The molecule has 2 aromatic rings. The van der Waals surface area contributed by atoms with Gasteiger partial charge in [-0.2, -0.15) is 0 Å². The zero-order chi connectivity index (χ0) is 25.5. The van der Waals surface area contributed by atoms with Crippen molar-refractivity contribution in [3.05, 3.63) is 64.1 Å². The number of nitrogens with one attached hydrogen (secondary N) is 1. The minimum atomic E-state index is -3.76. The van der Waals surface area contributed by atoms with E-state index < -0.39 is 28.5 Å². The van der Waals surface area contributed by atoms with Crippen molar-refractivity contribution in [3.8, 4) is 0 Å². The van der Waals surface area contributed by atoms with Crippen molar-refractivity contribution in [2.24, 2.45) is 0 Å². The van der Waals surface area contributed by atoms with Gasteiger partial charge < -0.3 is 10.2 Å². The maximum absolute atomic E-state index is 13.6. The van der Waals surface area contributed by atoms with Crippen LogP contribution in [0.3, 0.4) is 0 Å². The predicted molar refractivity (Wildman–Crippen MR) is 140 cm³/mol. The first-order valence-corrected chi connectivity index (χ1v) is 14.0. The monoisotopic (exact) mass is 551 g/mol. The summed E-state index contributed by atoms with van der Waals surface area (Å²) < 4.78 is 27.6. The van der Waals surface area contributed by atoms with Crippen molar-refractivity contribution in [1.82, 2.24) is 10.2 Å². The minimum Gasteiger partial charge on any atom is -0.354 e. The maximum atomic E-state index is 13.6. The van der Waals surface area contributed by atoms with Gasteiger partial charge in [-0.1, -0.05) is 67.0 Å². The first kappa shape index (κ1) is 27.9. The lowest BCUT2D eigenvalue weighted by Crippen LogP contribution is -2.51. The smallest absolute Gasteiger partial charge is 0.244 e. The van der Waals surface area contributed by atoms with Crippen LogP contribution < -0.4 is 9.62 Å². The van der Waals surface area contributed by atoms with E-state index in [4.69, 9.17) is 0 Å². The number of amides is 2. The molecule has 2 amide bonds. The number of anilines is 1. The maximum Gasteiger partial charge on any atom is 0.244 e. The Morgan fingerprint density at radius 3 is 2.32 bits per heavy atom. The first-order valence-electron chi connectivity index (χ1n) is 11.3. The van der Waals surface area contributed by atoms with Gasteiger partial charge in [-0.3, -0.25) is 13.9 Å². The molecular weight excluding hydrogens is 518 g/mol. The fraction of sp³-hybridized carbons (Fsp3) is 0.440. The summed E-state index contributed by atoms with van der Waals surface area (Å²) in [6.07, 6.45) is 1.86. The molecule has 0 bridgehead atoms. The number of benzene rings is 2. The molecular formula is C25H34BrN3O4S. The van der Waals surface area contributed by atoms with E-state index in [1.165, 1.54) is 4.90 Å². The quantitative estimate of drug-likeness (QED) is 0.451. The summed E-state index contributed by atoms with van der Waals surface area (Å²) in [6, 6.07) is 13.9. The van der Waals surface area contributed by atoms with Gasteiger partial charge in [-0.05, 0) is 48.6 Å². The van der Waals surface area contributed by atoms with Crippen LogP contribution in [0.1, 0.15) is 51.2 Å². The Labute approximate surface area is 211 Å². The summed E-state index contributed by atoms with van der Waals surface area (Å²) in [6.45, 7) is 7.82. The summed E-state index contributed by atoms with van der Waals surface area (Å²) in [7, 11) is -3.76. The van der Waals surface area contributed by atoms with Crippen LogP contribution in [-0.4, -0.2) is 50.5 Å². The van der Waals surface area contributed by atoms with Crippen molar-refractivity contribution in [2.75, 3.05) is 23.7 Å². The molecule has 0 unspecified atom stereocenters. The lowest BCUT2D eigenvalue weighted by molar-refractivity contribution is -0.139. The molecule has 0 aliphatic heterocycles. The van der Waals surface area contributed by atoms with E-state index in [9.17, 15) is 18.0 Å². The van der Waals surface area contributed by atoms with Gasteiger partial charge in [-0.25, -0.2) is 8.42 Å². The van der Waals surface area contributed by atoms with Crippen LogP contribution in [0.25, 0.3) is 0 Å². The van der Waals surface area contributed by atoms with Gasteiger partial charge in [0.2, 0.25) is 21.8 Å². The van der Waals surface area contributed by atoms with Gasteiger partial charge in [0.05, 0.1) is 11.9 Å². The van der Waals surface area contributed by atoms with Gasteiger partial charge in [0, 0.05) is 17.6 Å². The number of sulfonamides is 1. The fourth-order valence-electron chi connectivity index (χ4n) is 3.61. The third-order valence-corrected chi connectivity index (χ3v) is 7.08. The van der Waals surface area contributed by atoms with Crippen LogP contribution in [0.15, 0.2) is 53.0 Å². The average molecular weight is 553 g/mol. The summed E-state index contributed by atoms with van der Waals surface area (Å²) in [5.41, 5.74) is 2.12. The Morgan fingerprint density at radius 1 is 1.06 bits per heavy atom. The Morgan fingerprint density at radius 2 is 1.74 bits per heavy atom. The van der Waals surface area contributed by atoms with Gasteiger partial charge in [0.25, 0.3) is 0 Å². The lowest BCUT2D eigenvalue weighted by atomic mass is 10.0. The van der Waals surface area contributed by atoms with Gasteiger partial charge >= 0.3 is 0 Å². The third kappa shape index (κ3) is 7.56. The highest BCUT2D eigenvalue weighted by Gasteiger charge is 2.31. The molecule has 0 fully saturated rings. The standard InChI is InChI=1S/C25H34BrN3O4S/c1-6-14-27-25(31)19(4)28(16-20-10-9-11-21(26)15-20)24(30)17-29(34(5,32)33)23-13-8-7-12-22(23)18(2)3/h7-13,15,18-19H,6,14,16-17H2,1-5H3,(H,27,31)/t19-/m1/s1. The molecule has 1 N–H and O–H groups in total. The molecule has 0 aromatic heterocycles. The fourth-order valence-corrected chi connectivity index (χ4v) is 4.92. The van der Waals surface area contributed by atoms with Crippen LogP contribution in [0, 0.1) is 0 Å². The van der Waals surface area contributed by atoms with Crippen LogP contribution in [0.2, 0.25) is 0 Å². The van der Waals surface area contributed by atoms with Crippen molar-refractivity contribution >= 4 is 43.5 Å². The van der Waals surface area contributed by atoms with E-state index in [0.29, 0.717) is 12.2 Å². The topological polar surface area (TPSA) is 86.8 Å². The zero-order valence-electron chi connectivity index (χ0n) is 20.4. The van der Waals surface area contributed by atoms with Crippen molar-refractivity contribution in [3.63, 3.8) is 0 Å². The number of hydrogen-bond acceptors (Lipinski definition) is 4. The van der Waals surface area contributed by atoms with Gasteiger partial charge in [0.15, 0.2) is 0 Å². The summed E-state index contributed by atoms with van der Waals surface area (Å²) in [5.74, 6) is -0.672. The molecule has 186 valence electrons. The average Bonchev–Trinajstić information content (AvgIpc) is 2.78. The van der Waals surface area contributed by atoms with Gasteiger partial charge in [0.1, 0.15) is 12.6 Å². The molecule has 7 nitrogen and oxygen atoms in total. The van der Waals surface area contributed by atoms with Crippen molar-refractivity contribution in [1.29, 1.82) is 0 Å². The van der Waals surface area contributed by atoms with Crippen LogP contribution in [-0.2, 0) is 26.2 Å². The Bertz CT molecular complexity index is 1100. The number of rotatable bonds is 11. The Balaban J connectivity index is 2.44. The molecule has 0 spiro atoms. The second-order valence-electron chi connectivity index (χ2n) is 8.60. The lowest BCUT2D eigenvalue weighted by Gasteiger charge is -2.32. The Kier molecular flexibility index (Phi) is 10.1. The highest BCUT2D eigenvalue weighted by Crippen LogP contribution is 2.29. The van der Waals surface area contributed by atoms with Gasteiger partial charge in [-0.15, -0.1) is 0 Å². The van der Waals surface area contributed by atoms with Crippen LogP contribution in [0.5, 0.6) is 0 Å². The summed E-state index contributed by atoms with van der Waals surface area (Å²) in [4.78, 5) is 27.8. The molecule has 2 rings (SSSR count). The number of hydrogen-bond donors (Lipinski definition) is 1. The van der Waals surface area contributed by atoms with Crippen LogP contribution >= 0.6 is 15.9 Å². The predicted octanol–water partition coefficient (Wildman–Crippen LogP) is 4.28. The van der Waals surface area contributed by atoms with E-state index in [1.54, 1.807) is 19.1 Å². The number of nitrogens with zero attached hydrogens (tertiary/aromatic N) is 2. The first-order chi connectivity index (χ1) is 16.0. The van der Waals surface area contributed by atoms with E-state index in [1.807, 2.05) is 57.2 Å². The molecule has 0 aliphatic carbocycles. The molecule has 34 heavy (non-hydrogen) atoms. The minimum absolute atomic E-state index is 0.0621. The second-order valence-corrected chi connectivity index (χ2v) is 11.4. The molecule has 0 saturated heterocycles. The molecule has 1 atom stereocenters. The normalized spacial score (nSPS) is 12.3. The molecule has 0 aliphatic rings. The molecule has 0 radical (unpaired) electrons. The number of para-hydroxylation sites is 1. The summed E-state index contributed by atoms with van der Waals surface area (Å²) in [5, 5.41) is 2.83. The van der Waals surface area contributed by atoms with Crippen molar-refractivity contribution < 1.29 is 18.0 Å². The molecule has 0 saturated carbocycles. The number of halogens is 1. The van der Waals surface area contributed by atoms with Crippen molar-refractivity contribution in [2.45, 2.75) is 52.6 Å². The highest BCUT2D eigenvalue weighted by molar-refractivity contribution is 9.10. The van der Waals surface area contributed by atoms with E-state index in [2.05, 4.69) is 21.2 Å². The largest absolute Gasteiger partial charge is 0.354 e. The van der Waals surface area contributed by atoms with Crippen LogP contribution in [0.4, 0.5) is 5.69 Å². The number of carbonyl (C=O) groups is 2. The zero-order valence-corrected chi connectivity index (χ0v) is 22.8. The van der Waals surface area contributed by atoms with E-state index in [-0.39, 0.29) is 18.4 Å². The van der Waals surface area contributed by atoms with E-state index in [0.717, 1.165) is 32.6 Å². The SMILES string of the molecule is CCCNC(=O)[C@@H](C)N(Cc1cccc(Br)c1)C(=O)CN(c1ccccc1C(C)C)S(C)(=O)=O.